The first-order valence-electron chi connectivity index (χ1n) is 7.64. The highest BCUT2D eigenvalue weighted by Gasteiger charge is 2.21. The highest BCUT2D eigenvalue weighted by molar-refractivity contribution is 7.80. The number of nitrogens with one attached hydrogen (secondary N) is 1. The van der Waals surface area contributed by atoms with Gasteiger partial charge < -0.3 is 15.8 Å². The van der Waals surface area contributed by atoms with Crippen LogP contribution < -0.4 is 15.8 Å². The molecule has 0 aliphatic carbocycles. The van der Waals surface area contributed by atoms with Crippen molar-refractivity contribution in [1.29, 1.82) is 0 Å². The molecular weight excluding hydrogens is 315 g/mol. The second-order valence-electron chi connectivity index (χ2n) is 5.53. The molecule has 1 atom stereocenters. The number of ether oxygens (including phenoxy) is 1. The molecule has 1 aromatic rings. The van der Waals surface area contributed by atoms with Crippen molar-refractivity contribution < 1.29 is 13.9 Å². The number of benzene rings is 1. The van der Waals surface area contributed by atoms with Gasteiger partial charge in [0.05, 0.1) is 12.1 Å². The van der Waals surface area contributed by atoms with Gasteiger partial charge in [-0.3, -0.25) is 4.79 Å². The van der Waals surface area contributed by atoms with E-state index in [1.807, 2.05) is 0 Å². The van der Waals surface area contributed by atoms with Crippen molar-refractivity contribution in [3.63, 3.8) is 0 Å². The molecule has 0 saturated carbocycles. The van der Waals surface area contributed by atoms with E-state index in [0.29, 0.717) is 23.7 Å². The van der Waals surface area contributed by atoms with Gasteiger partial charge in [-0.25, -0.2) is 4.39 Å². The number of carbonyl (C=O) groups excluding carboxylic acids is 1. The Balaban J connectivity index is 2.28. The number of amides is 1. The Bertz CT molecular complexity index is 631. The predicted octanol–water partition coefficient (Wildman–Crippen LogP) is 2.81. The van der Waals surface area contributed by atoms with Crippen LogP contribution in [0, 0.1) is 11.7 Å². The number of hydrogen-bond donors (Lipinski definition) is 2. The molecule has 3 N–H and O–H groups in total. The van der Waals surface area contributed by atoms with Crippen molar-refractivity contribution in [2.45, 2.75) is 25.7 Å². The van der Waals surface area contributed by atoms with Crippen LogP contribution in [0.1, 0.15) is 31.2 Å². The molecule has 1 aliphatic heterocycles. The van der Waals surface area contributed by atoms with E-state index in [1.54, 1.807) is 6.07 Å². The van der Waals surface area contributed by atoms with Crippen molar-refractivity contribution >= 4 is 28.7 Å². The fraction of sp³-hybridized carbons (Fsp3) is 0.412. The molecule has 0 bridgehead atoms. The molecule has 4 nitrogen and oxygen atoms in total. The van der Waals surface area contributed by atoms with Crippen molar-refractivity contribution in [2.75, 3.05) is 13.7 Å². The van der Waals surface area contributed by atoms with Crippen LogP contribution in [0.2, 0.25) is 0 Å². The average Bonchev–Trinajstić information content (AvgIpc) is 2.52. The summed E-state index contributed by atoms with van der Waals surface area (Å²) in [5.74, 6) is -0.0873. The minimum Gasteiger partial charge on any atom is -0.496 e. The smallest absolute Gasteiger partial charge is 0.249 e. The maximum absolute atomic E-state index is 13.4. The lowest BCUT2D eigenvalue weighted by Gasteiger charge is -2.22. The molecule has 6 heteroatoms. The Labute approximate surface area is 140 Å². The zero-order valence-corrected chi connectivity index (χ0v) is 13.9. The third kappa shape index (κ3) is 4.59. The van der Waals surface area contributed by atoms with E-state index in [1.165, 1.54) is 25.3 Å². The Kier molecular flexibility index (Phi) is 6.24. The zero-order chi connectivity index (χ0) is 16.8. The first-order valence-corrected chi connectivity index (χ1v) is 8.05. The lowest BCUT2D eigenvalue weighted by atomic mass is 9.90. The van der Waals surface area contributed by atoms with Gasteiger partial charge in [-0.05, 0) is 49.9 Å². The van der Waals surface area contributed by atoms with Crippen LogP contribution in [0.5, 0.6) is 5.75 Å². The molecule has 0 aromatic heterocycles. The largest absolute Gasteiger partial charge is 0.496 e. The summed E-state index contributed by atoms with van der Waals surface area (Å²) in [6.45, 7) is 0.599. The standard InChI is InChI=1S/C17H21FN2O2S/c1-22-15-10-13(18)6-7-14(15)12-5-4-11(3-2-8-19)17(23)20-16(21)9-12/h6-7,9-11H,2-5,8,19H2,1H3,(H,20,21,23)/b12-9+. The molecule has 1 aliphatic rings. The van der Waals surface area contributed by atoms with Crippen LogP contribution in [0.25, 0.3) is 5.57 Å². The second-order valence-corrected chi connectivity index (χ2v) is 5.97. The molecule has 1 unspecified atom stereocenters. The van der Waals surface area contributed by atoms with Crippen LogP contribution in [0.3, 0.4) is 0 Å². The monoisotopic (exact) mass is 336 g/mol. The van der Waals surface area contributed by atoms with Crippen LogP contribution >= 0.6 is 12.2 Å². The second kappa shape index (κ2) is 8.17. The zero-order valence-electron chi connectivity index (χ0n) is 13.1. The SMILES string of the molecule is COc1cc(F)ccc1/C1=C/C(=O)NC(=S)C(CCCN)CC1. The molecule has 23 heavy (non-hydrogen) atoms. The predicted molar refractivity (Wildman–Crippen MR) is 92.7 cm³/mol. The van der Waals surface area contributed by atoms with Crippen molar-refractivity contribution in [3.8, 4) is 5.75 Å². The summed E-state index contributed by atoms with van der Waals surface area (Å²) >= 11 is 5.31. The van der Waals surface area contributed by atoms with E-state index in [4.69, 9.17) is 22.7 Å². The van der Waals surface area contributed by atoms with Crippen LogP contribution in [0.4, 0.5) is 4.39 Å². The van der Waals surface area contributed by atoms with Gasteiger partial charge in [0.15, 0.2) is 0 Å². The van der Waals surface area contributed by atoms with Crippen molar-refractivity contribution in [1.82, 2.24) is 5.32 Å². The van der Waals surface area contributed by atoms with E-state index in [0.717, 1.165) is 30.4 Å². The Hall–Kier alpha value is -1.79. The van der Waals surface area contributed by atoms with E-state index >= 15 is 0 Å². The quantitative estimate of drug-likeness (QED) is 0.812. The van der Waals surface area contributed by atoms with Gasteiger partial charge in [0, 0.05) is 23.6 Å². The number of carbonyl (C=O) groups is 1. The van der Waals surface area contributed by atoms with Gasteiger partial charge in [0.25, 0.3) is 0 Å². The first-order chi connectivity index (χ1) is 11.0. The summed E-state index contributed by atoms with van der Waals surface area (Å²) in [4.78, 5) is 12.7. The third-order valence-corrected chi connectivity index (χ3v) is 4.39. The molecule has 1 heterocycles. The minimum absolute atomic E-state index is 0.118. The van der Waals surface area contributed by atoms with Gasteiger partial charge in [-0.2, -0.15) is 0 Å². The molecule has 1 amide bonds. The summed E-state index contributed by atoms with van der Waals surface area (Å²) in [6.07, 6.45) is 4.71. The topological polar surface area (TPSA) is 64.3 Å². The number of halogens is 1. The van der Waals surface area contributed by atoms with E-state index in [9.17, 15) is 9.18 Å². The van der Waals surface area contributed by atoms with Crippen LogP contribution in [0.15, 0.2) is 24.3 Å². The molecule has 0 saturated heterocycles. The average molecular weight is 336 g/mol. The summed E-state index contributed by atoms with van der Waals surface area (Å²) in [5, 5.41) is 2.75. The lowest BCUT2D eigenvalue weighted by molar-refractivity contribution is -0.115. The van der Waals surface area contributed by atoms with Crippen LogP contribution in [-0.4, -0.2) is 24.6 Å². The Morgan fingerprint density at radius 1 is 1.48 bits per heavy atom. The first kappa shape index (κ1) is 17.6. The number of thiocarbonyl (C=S) groups is 1. The Morgan fingerprint density at radius 2 is 2.26 bits per heavy atom. The van der Waals surface area contributed by atoms with Gasteiger partial charge in [0.2, 0.25) is 5.91 Å². The highest BCUT2D eigenvalue weighted by atomic mass is 32.1. The molecular formula is C17H21FN2O2S. The minimum atomic E-state index is -0.372. The maximum atomic E-state index is 13.4. The summed E-state index contributed by atoms with van der Waals surface area (Å²) < 4.78 is 18.6. The summed E-state index contributed by atoms with van der Waals surface area (Å²) in [7, 11) is 1.49. The number of allylic oxidation sites excluding steroid dienone is 1. The lowest BCUT2D eigenvalue weighted by Crippen LogP contribution is -2.35. The summed E-state index contributed by atoms with van der Waals surface area (Å²) in [5.41, 5.74) is 7.11. The van der Waals surface area contributed by atoms with Gasteiger partial charge in [-0.1, -0.05) is 12.2 Å². The number of rotatable bonds is 5. The molecule has 124 valence electrons. The van der Waals surface area contributed by atoms with Crippen molar-refractivity contribution in [3.05, 3.63) is 35.7 Å². The number of nitrogens with two attached hydrogens (primary N) is 1. The van der Waals surface area contributed by atoms with Gasteiger partial charge in [0.1, 0.15) is 11.6 Å². The molecule has 0 radical (unpaired) electrons. The van der Waals surface area contributed by atoms with Gasteiger partial charge in [-0.15, -0.1) is 0 Å². The molecule has 0 fully saturated rings. The molecule has 1 aromatic carbocycles. The number of hydrogen-bond acceptors (Lipinski definition) is 4. The fourth-order valence-corrected chi connectivity index (χ4v) is 3.07. The molecule has 2 rings (SSSR count). The van der Waals surface area contributed by atoms with E-state index < -0.39 is 0 Å². The van der Waals surface area contributed by atoms with E-state index in [2.05, 4.69) is 5.32 Å². The highest BCUT2D eigenvalue weighted by Crippen LogP contribution is 2.32. The normalized spacial score (nSPS) is 21.0. The fourth-order valence-electron chi connectivity index (χ4n) is 2.73. The van der Waals surface area contributed by atoms with Crippen LogP contribution in [-0.2, 0) is 4.79 Å². The number of methoxy groups -OCH3 is 1. The Morgan fingerprint density at radius 3 is 2.96 bits per heavy atom. The van der Waals surface area contributed by atoms with Gasteiger partial charge >= 0.3 is 0 Å². The summed E-state index contributed by atoms with van der Waals surface area (Å²) in [6, 6.07) is 4.33. The third-order valence-electron chi connectivity index (χ3n) is 3.95. The maximum Gasteiger partial charge on any atom is 0.249 e. The van der Waals surface area contributed by atoms with Crippen molar-refractivity contribution in [2.24, 2.45) is 11.7 Å². The van der Waals surface area contributed by atoms with E-state index in [-0.39, 0.29) is 17.6 Å². The molecule has 0 spiro atoms.